The zero-order chi connectivity index (χ0) is 23.7. The molecule has 0 saturated carbocycles. The van der Waals surface area contributed by atoms with Crippen molar-refractivity contribution in [2.45, 2.75) is 13.1 Å². The first-order chi connectivity index (χ1) is 16.6. The van der Waals surface area contributed by atoms with Crippen molar-refractivity contribution >= 4 is 11.0 Å². The highest BCUT2D eigenvalue weighted by molar-refractivity contribution is 5.95. The number of hydrogen-bond acceptors (Lipinski definition) is 6. The van der Waals surface area contributed by atoms with Crippen molar-refractivity contribution in [2.24, 2.45) is 0 Å². The molecule has 7 nitrogen and oxygen atoms in total. The van der Waals surface area contributed by atoms with E-state index in [1.165, 1.54) is 11.0 Å². The SMILES string of the molecule is COc1ccc(-c2cc(=O)oc3c4c(ccc23)OC[NH+](Cc2ccc(OC)c(OC)c2)C4)cc1. The van der Waals surface area contributed by atoms with Gasteiger partial charge in [-0.3, -0.25) is 4.90 Å². The zero-order valence-electron chi connectivity index (χ0n) is 19.3. The second-order valence-corrected chi connectivity index (χ2v) is 8.21. The fourth-order valence-electron chi connectivity index (χ4n) is 4.45. The van der Waals surface area contributed by atoms with Crippen LogP contribution in [0.2, 0.25) is 0 Å². The summed E-state index contributed by atoms with van der Waals surface area (Å²) in [6.07, 6.45) is 0. The number of nitrogens with one attached hydrogen (secondary N) is 1. The van der Waals surface area contributed by atoms with Gasteiger partial charge < -0.3 is 23.4 Å². The van der Waals surface area contributed by atoms with Crippen molar-refractivity contribution in [1.29, 1.82) is 0 Å². The number of ether oxygens (including phenoxy) is 4. The average Bonchev–Trinajstić information content (AvgIpc) is 2.88. The molecule has 1 atom stereocenters. The Morgan fingerprint density at radius 3 is 2.41 bits per heavy atom. The lowest BCUT2D eigenvalue weighted by atomic mass is 9.99. The molecule has 1 aliphatic rings. The summed E-state index contributed by atoms with van der Waals surface area (Å²) in [5.41, 5.74) is 3.92. The molecule has 0 fully saturated rings. The Kier molecular flexibility index (Phi) is 5.86. The molecular weight excluding hydrogens is 434 g/mol. The van der Waals surface area contributed by atoms with Crippen LogP contribution in [0.3, 0.4) is 0 Å². The van der Waals surface area contributed by atoms with E-state index in [4.69, 9.17) is 23.4 Å². The summed E-state index contributed by atoms with van der Waals surface area (Å²) in [6, 6.07) is 19.0. The maximum Gasteiger partial charge on any atom is 0.336 e. The van der Waals surface area contributed by atoms with Crippen molar-refractivity contribution in [2.75, 3.05) is 28.1 Å². The maximum atomic E-state index is 12.5. The Hall–Kier alpha value is -3.97. The highest BCUT2D eigenvalue weighted by Crippen LogP contribution is 2.34. The molecule has 3 aromatic carbocycles. The van der Waals surface area contributed by atoms with Gasteiger partial charge in [-0.2, -0.15) is 0 Å². The van der Waals surface area contributed by atoms with Crippen molar-refractivity contribution < 1.29 is 28.3 Å². The summed E-state index contributed by atoms with van der Waals surface area (Å²) in [5, 5.41) is 0.875. The topological polar surface area (TPSA) is 71.6 Å². The quantitative estimate of drug-likeness (QED) is 0.445. The van der Waals surface area contributed by atoms with Crippen LogP contribution in [0.4, 0.5) is 0 Å². The fraction of sp³-hybridized carbons (Fsp3) is 0.222. The molecule has 0 radical (unpaired) electrons. The van der Waals surface area contributed by atoms with Gasteiger partial charge in [0, 0.05) is 17.0 Å². The number of hydrogen-bond donors (Lipinski definition) is 1. The number of methoxy groups -OCH3 is 3. The van der Waals surface area contributed by atoms with E-state index in [0.717, 1.165) is 45.7 Å². The standard InChI is InChI=1S/C27H25NO6/c1-30-19-7-5-18(6-8-19)21-13-26(29)34-27-20(21)9-11-23-22(27)15-28(16-33-23)14-17-4-10-24(31-2)25(12-17)32-3/h4-13H,14-16H2,1-3H3/p+1. The first-order valence-corrected chi connectivity index (χ1v) is 11.0. The lowest BCUT2D eigenvalue weighted by molar-refractivity contribution is -0.945. The zero-order valence-corrected chi connectivity index (χ0v) is 19.3. The molecule has 0 aliphatic carbocycles. The van der Waals surface area contributed by atoms with E-state index in [9.17, 15) is 4.79 Å². The first-order valence-electron chi connectivity index (χ1n) is 11.0. The molecule has 1 N–H and O–H groups in total. The normalized spacial score (nSPS) is 14.9. The molecule has 4 aromatic rings. The number of quaternary nitrogens is 1. The monoisotopic (exact) mass is 460 g/mol. The summed E-state index contributed by atoms with van der Waals surface area (Å²) in [6.45, 7) is 1.89. The minimum absolute atomic E-state index is 0.390. The summed E-state index contributed by atoms with van der Waals surface area (Å²) in [5.74, 6) is 2.90. The van der Waals surface area contributed by atoms with Gasteiger partial charge in [0.05, 0.1) is 26.9 Å². The summed E-state index contributed by atoms with van der Waals surface area (Å²) in [7, 11) is 4.88. The number of benzene rings is 3. The van der Waals surface area contributed by atoms with Crippen LogP contribution in [-0.4, -0.2) is 28.1 Å². The predicted octanol–water partition coefficient (Wildman–Crippen LogP) is 3.42. The molecule has 2 heterocycles. The van der Waals surface area contributed by atoms with Crippen LogP contribution < -0.4 is 29.5 Å². The second-order valence-electron chi connectivity index (χ2n) is 8.21. The van der Waals surface area contributed by atoms with Gasteiger partial charge in [0.2, 0.25) is 6.73 Å². The molecule has 0 amide bonds. The molecule has 7 heteroatoms. The first kappa shape index (κ1) is 21.9. The van der Waals surface area contributed by atoms with Crippen LogP contribution >= 0.6 is 0 Å². The second kappa shape index (κ2) is 9.11. The van der Waals surface area contributed by atoms with Crippen LogP contribution in [0.5, 0.6) is 23.0 Å². The molecule has 34 heavy (non-hydrogen) atoms. The van der Waals surface area contributed by atoms with Gasteiger partial charge >= 0.3 is 5.63 Å². The van der Waals surface area contributed by atoms with Gasteiger partial charge in [-0.1, -0.05) is 12.1 Å². The summed E-state index contributed by atoms with van der Waals surface area (Å²) in [4.78, 5) is 13.7. The minimum Gasteiger partial charge on any atom is -0.497 e. The fourth-order valence-corrected chi connectivity index (χ4v) is 4.45. The van der Waals surface area contributed by atoms with E-state index in [2.05, 4.69) is 0 Å². The molecule has 174 valence electrons. The van der Waals surface area contributed by atoms with E-state index < -0.39 is 5.63 Å². The minimum atomic E-state index is -0.390. The van der Waals surface area contributed by atoms with Crippen LogP contribution in [0, 0.1) is 0 Å². The van der Waals surface area contributed by atoms with Gasteiger partial charge in [-0.15, -0.1) is 0 Å². The van der Waals surface area contributed by atoms with E-state index in [-0.39, 0.29) is 0 Å². The third kappa shape index (κ3) is 4.06. The lowest BCUT2D eigenvalue weighted by Gasteiger charge is -2.27. The highest BCUT2D eigenvalue weighted by Gasteiger charge is 2.26. The number of fused-ring (bicyclic) bond motifs is 3. The smallest absolute Gasteiger partial charge is 0.336 e. The van der Waals surface area contributed by atoms with E-state index in [1.807, 2.05) is 54.6 Å². The molecule has 1 aromatic heterocycles. The Balaban J connectivity index is 1.50. The maximum absolute atomic E-state index is 12.5. The van der Waals surface area contributed by atoms with Crippen LogP contribution in [0.15, 0.2) is 69.9 Å². The molecule has 5 rings (SSSR count). The van der Waals surface area contributed by atoms with Gasteiger partial charge in [-0.25, -0.2) is 4.79 Å². The molecule has 0 saturated heterocycles. The predicted molar refractivity (Wildman–Crippen MR) is 128 cm³/mol. The summed E-state index contributed by atoms with van der Waals surface area (Å²) >= 11 is 0. The Labute approximate surface area is 197 Å². The van der Waals surface area contributed by atoms with Crippen LogP contribution in [0.25, 0.3) is 22.1 Å². The molecule has 1 unspecified atom stereocenters. The number of rotatable bonds is 6. The summed E-state index contributed by atoms with van der Waals surface area (Å²) < 4.78 is 27.8. The average molecular weight is 461 g/mol. The lowest BCUT2D eigenvalue weighted by Crippen LogP contribution is -3.10. The molecule has 0 bridgehead atoms. The van der Waals surface area contributed by atoms with Crippen molar-refractivity contribution in [3.63, 3.8) is 0 Å². The van der Waals surface area contributed by atoms with E-state index in [1.54, 1.807) is 21.3 Å². The molecule has 1 aliphatic heterocycles. The van der Waals surface area contributed by atoms with Crippen LogP contribution in [-0.2, 0) is 13.1 Å². The van der Waals surface area contributed by atoms with Gasteiger partial charge in [0.1, 0.15) is 24.6 Å². The Morgan fingerprint density at radius 2 is 1.68 bits per heavy atom. The third-order valence-electron chi connectivity index (χ3n) is 6.13. The largest absolute Gasteiger partial charge is 0.497 e. The molecular formula is C27H26NO6+. The van der Waals surface area contributed by atoms with E-state index in [0.29, 0.717) is 30.4 Å². The Bertz CT molecular complexity index is 1390. The molecule has 0 spiro atoms. The van der Waals surface area contributed by atoms with Crippen molar-refractivity contribution in [3.05, 3.63) is 82.2 Å². The van der Waals surface area contributed by atoms with Crippen molar-refractivity contribution in [3.8, 4) is 34.1 Å². The van der Waals surface area contributed by atoms with E-state index >= 15 is 0 Å². The van der Waals surface area contributed by atoms with Gasteiger partial charge in [0.15, 0.2) is 17.1 Å². The third-order valence-corrected chi connectivity index (χ3v) is 6.13. The van der Waals surface area contributed by atoms with Gasteiger partial charge in [0.25, 0.3) is 0 Å². The highest BCUT2D eigenvalue weighted by atomic mass is 16.5. The van der Waals surface area contributed by atoms with Gasteiger partial charge in [-0.05, 0) is 53.6 Å². The van der Waals surface area contributed by atoms with Crippen molar-refractivity contribution in [1.82, 2.24) is 0 Å². The Morgan fingerprint density at radius 1 is 0.882 bits per heavy atom. The van der Waals surface area contributed by atoms with Crippen LogP contribution in [0.1, 0.15) is 11.1 Å².